The second-order valence-electron chi connectivity index (χ2n) is 6.17. The second kappa shape index (κ2) is 7.40. The Labute approximate surface area is 131 Å². The van der Waals surface area contributed by atoms with E-state index < -0.39 is 5.97 Å². The van der Waals surface area contributed by atoms with Crippen molar-refractivity contribution in [2.75, 3.05) is 14.1 Å². The summed E-state index contributed by atoms with van der Waals surface area (Å²) >= 11 is 0. The van der Waals surface area contributed by atoms with Crippen LogP contribution in [0, 0.1) is 5.92 Å². The molecule has 0 heterocycles. The zero-order chi connectivity index (χ0) is 16.1. The summed E-state index contributed by atoms with van der Waals surface area (Å²) in [6.45, 7) is 0. The number of hydrogen-bond acceptors (Lipinski definition) is 3. The summed E-state index contributed by atoms with van der Waals surface area (Å²) in [5, 5.41) is 12.1. The maximum absolute atomic E-state index is 12.6. The lowest BCUT2D eigenvalue weighted by atomic mass is 9.86. The van der Waals surface area contributed by atoms with E-state index in [2.05, 4.69) is 5.32 Å². The highest BCUT2D eigenvalue weighted by molar-refractivity contribution is 5.83. The first-order valence-electron chi connectivity index (χ1n) is 7.73. The highest BCUT2D eigenvalue weighted by Crippen LogP contribution is 2.25. The van der Waals surface area contributed by atoms with Crippen LogP contribution in [0.4, 0.5) is 0 Å². The average molecular weight is 304 g/mol. The van der Waals surface area contributed by atoms with Gasteiger partial charge in [0.15, 0.2) is 0 Å². The molecule has 5 heteroatoms. The quantitative estimate of drug-likeness (QED) is 0.873. The van der Waals surface area contributed by atoms with E-state index in [1.54, 1.807) is 0 Å². The summed E-state index contributed by atoms with van der Waals surface area (Å²) in [5.41, 5.74) is 0.962. The van der Waals surface area contributed by atoms with Gasteiger partial charge < -0.3 is 10.4 Å². The molecule has 0 aromatic heterocycles. The number of nitrogens with one attached hydrogen (secondary N) is 1. The number of carboxylic acids is 1. The van der Waals surface area contributed by atoms with Gasteiger partial charge in [-0.3, -0.25) is 14.5 Å². The molecule has 1 fully saturated rings. The number of rotatable bonds is 5. The molecule has 0 radical (unpaired) electrons. The Kier molecular flexibility index (Phi) is 5.55. The molecule has 0 saturated heterocycles. The van der Waals surface area contributed by atoms with Crippen LogP contribution in [0.1, 0.15) is 37.3 Å². The third-order valence-corrected chi connectivity index (χ3v) is 4.30. The van der Waals surface area contributed by atoms with Crippen LogP contribution in [0.25, 0.3) is 0 Å². The van der Waals surface area contributed by atoms with Crippen molar-refractivity contribution >= 4 is 11.9 Å². The number of nitrogens with zero attached hydrogens (tertiary/aromatic N) is 1. The van der Waals surface area contributed by atoms with Crippen molar-refractivity contribution in [1.29, 1.82) is 0 Å². The fourth-order valence-corrected chi connectivity index (χ4v) is 3.08. The van der Waals surface area contributed by atoms with Gasteiger partial charge in [0, 0.05) is 6.04 Å². The summed E-state index contributed by atoms with van der Waals surface area (Å²) in [7, 11) is 3.77. The summed E-state index contributed by atoms with van der Waals surface area (Å²) < 4.78 is 0. The standard InChI is InChI=1S/C17H24N2O3/c1-19(2)15(12-6-4-3-5-7-12)16(20)18-14-10-8-13(9-11-14)17(21)22/h3-7,13-15H,8-11H2,1-2H3,(H,18,20)(H,21,22). The van der Waals surface area contributed by atoms with Crippen molar-refractivity contribution in [3.8, 4) is 0 Å². The van der Waals surface area contributed by atoms with Crippen LogP contribution in [0.3, 0.4) is 0 Å². The zero-order valence-corrected chi connectivity index (χ0v) is 13.2. The maximum atomic E-state index is 12.6. The lowest BCUT2D eigenvalue weighted by molar-refractivity contribution is -0.142. The van der Waals surface area contributed by atoms with Crippen molar-refractivity contribution in [1.82, 2.24) is 10.2 Å². The first-order valence-corrected chi connectivity index (χ1v) is 7.73. The molecular weight excluding hydrogens is 280 g/mol. The van der Waals surface area contributed by atoms with Crippen LogP contribution >= 0.6 is 0 Å². The molecule has 5 nitrogen and oxygen atoms in total. The van der Waals surface area contributed by atoms with E-state index in [0.717, 1.165) is 18.4 Å². The third-order valence-electron chi connectivity index (χ3n) is 4.30. The largest absolute Gasteiger partial charge is 0.481 e. The molecule has 120 valence electrons. The fourth-order valence-electron chi connectivity index (χ4n) is 3.08. The fraction of sp³-hybridized carbons (Fsp3) is 0.529. The zero-order valence-electron chi connectivity index (χ0n) is 13.2. The Morgan fingerprint density at radius 3 is 2.23 bits per heavy atom. The topological polar surface area (TPSA) is 69.6 Å². The number of likely N-dealkylation sites (N-methyl/N-ethyl adjacent to an activating group) is 1. The number of carbonyl (C=O) groups excluding carboxylic acids is 1. The van der Waals surface area contributed by atoms with E-state index in [1.807, 2.05) is 49.3 Å². The molecule has 0 bridgehead atoms. The number of benzene rings is 1. The molecular formula is C17H24N2O3. The minimum Gasteiger partial charge on any atom is -0.481 e. The predicted octanol–water partition coefficient (Wildman–Crippen LogP) is 2.05. The SMILES string of the molecule is CN(C)C(C(=O)NC1CCC(C(=O)O)CC1)c1ccccc1. The van der Waals surface area contributed by atoms with Crippen molar-refractivity contribution in [3.05, 3.63) is 35.9 Å². The second-order valence-corrected chi connectivity index (χ2v) is 6.17. The lowest BCUT2D eigenvalue weighted by Gasteiger charge is -2.30. The summed E-state index contributed by atoms with van der Waals surface area (Å²) in [4.78, 5) is 25.5. The number of aliphatic carboxylic acids is 1. The average Bonchev–Trinajstić information content (AvgIpc) is 2.48. The van der Waals surface area contributed by atoms with Crippen molar-refractivity contribution in [2.45, 2.75) is 37.8 Å². The van der Waals surface area contributed by atoms with E-state index >= 15 is 0 Å². The molecule has 0 spiro atoms. The number of carbonyl (C=O) groups is 2. The van der Waals surface area contributed by atoms with E-state index in [4.69, 9.17) is 5.11 Å². The van der Waals surface area contributed by atoms with Gasteiger partial charge in [-0.15, -0.1) is 0 Å². The lowest BCUT2D eigenvalue weighted by Crippen LogP contribution is -2.44. The third kappa shape index (κ3) is 4.07. The minimum absolute atomic E-state index is 0.0185. The van der Waals surface area contributed by atoms with Crippen molar-refractivity contribution in [3.63, 3.8) is 0 Å². The first-order chi connectivity index (χ1) is 10.5. The van der Waals surface area contributed by atoms with E-state index in [1.165, 1.54) is 0 Å². The molecule has 1 aliphatic carbocycles. The summed E-state index contributed by atoms with van der Waals surface area (Å²) in [6.07, 6.45) is 2.74. The number of carboxylic acid groups (broad SMARTS) is 1. The van der Waals surface area contributed by atoms with Crippen molar-refractivity contribution < 1.29 is 14.7 Å². The van der Waals surface area contributed by atoms with Gasteiger partial charge in [0.25, 0.3) is 0 Å². The van der Waals surface area contributed by atoms with Gasteiger partial charge >= 0.3 is 5.97 Å². The Morgan fingerprint density at radius 1 is 1.14 bits per heavy atom. The Hall–Kier alpha value is -1.88. The monoisotopic (exact) mass is 304 g/mol. The molecule has 2 rings (SSSR count). The van der Waals surface area contributed by atoms with Gasteiger partial charge in [0.2, 0.25) is 5.91 Å². The maximum Gasteiger partial charge on any atom is 0.306 e. The molecule has 1 amide bonds. The van der Waals surface area contributed by atoms with Gasteiger partial charge in [-0.25, -0.2) is 0 Å². The normalized spacial score (nSPS) is 23.0. The molecule has 0 aliphatic heterocycles. The van der Waals surface area contributed by atoms with Crippen LogP contribution in [0.5, 0.6) is 0 Å². The van der Waals surface area contributed by atoms with E-state index in [-0.39, 0.29) is 23.9 Å². The summed E-state index contributed by atoms with van der Waals surface area (Å²) in [6, 6.07) is 9.44. The van der Waals surface area contributed by atoms with Gasteiger partial charge in [-0.1, -0.05) is 30.3 Å². The Bertz CT molecular complexity index is 508. The highest BCUT2D eigenvalue weighted by atomic mass is 16.4. The molecule has 1 aromatic carbocycles. The molecule has 2 N–H and O–H groups in total. The van der Waals surface area contributed by atoms with Crippen molar-refractivity contribution in [2.24, 2.45) is 5.92 Å². The molecule has 1 aliphatic rings. The van der Waals surface area contributed by atoms with E-state index in [0.29, 0.717) is 12.8 Å². The molecule has 1 unspecified atom stereocenters. The van der Waals surface area contributed by atoms with Crippen LogP contribution in [-0.4, -0.2) is 42.0 Å². The van der Waals surface area contributed by atoms with Crippen LogP contribution < -0.4 is 5.32 Å². The first kappa shape index (κ1) is 16.5. The van der Waals surface area contributed by atoms with Gasteiger partial charge in [0.1, 0.15) is 6.04 Å². The van der Waals surface area contributed by atoms with Crippen LogP contribution in [0.2, 0.25) is 0 Å². The number of hydrogen-bond donors (Lipinski definition) is 2. The predicted molar refractivity (Wildman–Crippen MR) is 84.4 cm³/mol. The molecule has 22 heavy (non-hydrogen) atoms. The van der Waals surface area contributed by atoms with Gasteiger partial charge in [-0.2, -0.15) is 0 Å². The molecule has 1 saturated carbocycles. The molecule has 1 aromatic rings. The van der Waals surface area contributed by atoms with Crippen LogP contribution in [0.15, 0.2) is 30.3 Å². The highest BCUT2D eigenvalue weighted by Gasteiger charge is 2.29. The Morgan fingerprint density at radius 2 is 1.73 bits per heavy atom. The number of amides is 1. The van der Waals surface area contributed by atoms with Gasteiger partial charge in [-0.05, 0) is 45.3 Å². The van der Waals surface area contributed by atoms with E-state index in [9.17, 15) is 9.59 Å². The molecule has 1 atom stereocenters. The minimum atomic E-state index is -0.722. The summed E-state index contributed by atoms with van der Waals surface area (Å²) in [5.74, 6) is -0.998. The smallest absolute Gasteiger partial charge is 0.306 e. The van der Waals surface area contributed by atoms with Gasteiger partial charge in [0.05, 0.1) is 5.92 Å². The Balaban J connectivity index is 1.97. The van der Waals surface area contributed by atoms with Crippen LogP contribution in [-0.2, 0) is 9.59 Å².